The molecule has 0 aliphatic carbocycles. The lowest BCUT2D eigenvalue weighted by Crippen LogP contribution is -2.62. The van der Waals surface area contributed by atoms with Crippen LogP contribution in [0.15, 0.2) is 18.3 Å². The number of aromatic nitrogens is 1. The van der Waals surface area contributed by atoms with Gasteiger partial charge >= 0.3 is 0 Å². The summed E-state index contributed by atoms with van der Waals surface area (Å²) < 4.78 is 0. The Bertz CT molecular complexity index is 637. The molecule has 6 nitrogen and oxygen atoms in total. The second-order valence-corrected chi connectivity index (χ2v) is 8.14. The predicted molar refractivity (Wildman–Crippen MR) is 104 cm³/mol. The maximum absolute atomic E-state index is 12.8. The van der Waals surface area contributed by atoms with E-state index in [1.165, 1.54) is 25.8 Å². The lowest BCUT2D eigenvalue weighted by molar-refractivity contribution is 0.0664. The summed E-state index contributed by atoms with van der Waals surface area (Å²) in [5.41, 5.74) is 0.773. The van der Waals surface area contributed by atoms with Crippen molar-refractivity contribution in [3.63, 3.8) is 0 Å². The summed E-state index contributed by atoms with van der Waals surface area (Å²) >= 11 is 0. The number of anilines is 1. The zero-order valence-electron chi connectivity index (χ0n) is 16.1. The van der Waals surface area contributed by atoms with E-state index in [4.69, 9.17) is 0 Å². The average molecular weight is 358 g/mol. The second-order valence-electron chi connectivity index (χ2n) is 8.14. The summed E-state index contributed by atoms with van der Waals surface area (Å²) in [6.07, 6.45) is 5.81. The van der Waals surface area contributed by atoms with Crippen LogP contribution in [0.5, 0.6) is 0 Å². The molecule has 3 saturated heterocycles. The molecule has 6 heteroatoms. The fourth-order valence-corrected chi connectivity index (χ4v) is 4.43. The van der Waals surface area contributed by atoms with Gasteiger partial charge in [-0.1, -0.05) is 6.42 Å². The summed E-state index contributed by atoms with van der Waals surface area (Å²) in [5.74, 6) is 1.09. The lowest BCUT2D eigenvalue weighted by atomic mass is 9.97. The number of nitrogens with zero attached hydrogens (tertiary/aromatic N) is 5. The number of likely N-dealkylation sites (tertiary alicyclic amines) is 1. The summed E-state index contributed by atoms with van der Waals surface area (Å²) in [5, 5.41) is 0. The smallest absolute Gasteiger partial charge is 0.254 e. The summed E-state index contributed by atoms with van der Waals surface area (Å²) in [6, 6.07) is 5.18. The fraction of sp³-hybridized carbons (Fsp3) is 0.700. The van der Waals surface area contributed by atoms with Gasteiger partial charge < -0.3 is 14.7 Å². The van der Waals surface area contributed by atoms with E-state index in [0.717, 1.165) is 50.6 Å². The third-order valence-corrected chi connectivity index (χ3v) is 6.29. The Balaban J connectivity index is 1.37. The van der Waals surface area contributed by atoms with Gasteiger partial charge in [0, 0.05) is 63.1 Å². The van der Waals surface area contributed by atoms with E-state index in [2.05, 4.69) is 33.7 Å². The van der Waals surface area contributed by atoms with Crippen LogP contribution in [0.2, 0.25) is 0 Å². The van der Waals surface area contributed by atoms with Crippen molar-refractivity contribution in [2.75, 3.05) is 57.8 Å². The Hall–Kier alpha value is -1.66. The first-order valence-corrected chi connectivity index (χ1v) is 10.1. The molecular formula is C20H31N5O. The van der Waals surface area contributed by atoms with Crippen LogP contribution in [0.3, 0.4) is 0 Å². The third kappa shape index (κ3) is 3.58. The van der Waals surface area contributed by atoms with Crippen molar-refractivity contribution in [1.82, 2.24) is 19.7 Å². The molecular weight excluding hydrogens is 326 g/mol. The average Bonchev–Trinajstić information content (AvgIpc) is 2.62. The van der Waals surface area contributed by atoms with Gasteiger partial charge in [-0.25, -0.2) is 4.98 Å². The molecule has 142 valence electrons. The Morgan fingerprint density at radius 3 is 2.62 bits per heavy atom. The van der Waals surface area contributed by atoms with Gasteiger partial charge in [-0.2, -0.15) is 0 Å². The van der Waals surface area contributed by atoms with E-state index in [9.17, 15) is 4.79 Å². The van der Waals surface area contributed by atoms with Gasteiger partial charge in [-0.3, -0.25) is 9.69 Å². The van der Waals surface area contributed by atoms with Crippen molar-refractivity contribution in [1.29, 1.82) is 0 Å². The van der Waals surface area contributed by atoms with Gasteiger partial charge in [0.1, 0.15) is 5.82 Å². The molecule has 1 amide bonds. The van der Waals surface area contributed by atoms with E-state index in [1.54, 1.807) is 6.20 Å². The third-order valence-electron chi connectivity index (χ3n) is 6.29. The minimum Gasteiger partial charge on any atom is -0.353 e. The second kappa shape index (κ2) is 7.53. The highest BCUT2D eigenvalue weighted by molar-refractivity contribution is 5.95. The molecule has 1 aromatic rings. The number of carbonyl (C=O) groups excluding carboxylic acids is 1. The van der Waals surface area contributed by atoms with Gasteiger partial charge in [-0.05, 0) is 45.5 Å². The molecule has 1 aromatic heterocycles. The minimum atomic E-state index is 0.142. The van der Waals surface area contributed by atoms with Crippen molar-refractivity contribution < 1.29 is 4.79 Å². The van der Waals surface area contributed by atoms with E-state index in [0.29, 0.717) is 12.1 Å². The first-order chi connectivity index (χ1) is 12.6. The summed E-state index contributed by atoms with van der Waals surface area (Å²) in [6.45, 7) is 9.17. The standard InChI is InChI=1S/C20H31N5O/c1-16-5-3-4-8-25(16)18-14-24(15-18)19-13-17(6-7-21-19)20(26)23-11-9-22(2)10-12-23/h6-7,13,16,18H,3-5,8-12,14-15H2,1-2H3/t16-/m0/s1. The first kappa shape index (κ1) is 17.7. The van der Waals surface area contributed by atoms with Crippen LogP contribution in [-0.2, 0) is 0 Å². The molecule has 0 saturated carbocycles. The van der Waals surface area contributed by atoms with Crippen LogP contribution < -0.4 is 4.90 Å². The molecule has 4 heterocycles. The Labute approximate surface area is 156 Å². The molecule has 0 N–H and O–H groups in total. The molecule has 3 aliphatic rings. The maximum atomic E-state index is 12.8. The zero-order valence-corrected chi connectivity index (χ0v) is 16.1. The molecule has 0 radical (unpaired) electrons. The van der Waals surface area contributed by atoms with Crippen LogP contribution >= 0.6 is 0 Å². The number of hydrogen-bond acceptors (Lipinski definition) is 5. The van der Waals surface area contributed by atoms with Crippen molar-refractivity contribution in [2.24, 2.45) is 0 Å². The SMILES string of the molecule is C[C@H]1CCCCN1C1CN(c2cc(C(=O)N3CCN(C)CC3)ccn2)C1. The van der Waals surface area contributed by atoms with Crippen LogP contribution in [-0.4, -0.2) is 90.5 Å². The highest BCUT2D eigenvalue weighted by Gasteiger charge is 2.36. The zero-order chi connectivity index (χ0) is 18.1. The van der Waals surface area contributed by atoms with E-state index < -0.39 is 0 Å². The first-order valence-electron chi connectivity index (χ1n) is 10.1. The quantitative estimate of drug-likeness (QED) is 0.821. The van der Waals surface area contributed by atoms with E-state index >= 15 is 0 Å². The number of amides is 1. The highest BCUT2D eigenvalue weighted by Crippen LogP contribution is 2.27. The Kier molecular flexibility index (Phi) is 5.14. The molecule has 0 aromatic carbocycles. The summed E-state index contributed by atoms with van der Waals surface area (Å²) in [4.78, 5) is 26.5. The number of rotatable bonds is 3. The predicted octanol–water partition coefficient (Wildman–Crippen LogP) is 1.53. The lowest BCUT2D eigenvalue weighted by Gasteiger charge is -2.49. The molecule has 4 rings (SSSR count). The van der Waals surface area contributed by atoms with Crippen LogP contribution in [0.4, 0.5) is 5.82 Å². The van der Waals surface area contributed by atoms with Crippen molar-refractivity contribution >= 4 is 11.7 Å². The molecule has 3 aliphatic heterocycles. The molecule has 26 heavy (non-hydrogen) atoms. The number of piperidine rings is 1. The monoisotopic (exact) mass is 357 g/mol. The number of piperazine rings is 1. The van der Waals surface area contributed by atoms with Crippen molar-refractivity contribution in [3.05, 3.63) is 23.9 Å². The largest absolute Gasteiger partial charge is 0.353 e. The van der Waals surface area contributed by atoms with Crippen LogP contribution in [0.1, 0.15) is 36.5 Å². The van der Waals surface area contributed by atoms with E-state index in [1.807, 2.05) is 17.0 Å². The van der Waals surface area contributed by atoms with Crippen molar-refractivity contribution in [2.45, 2.75) is 38.3 Å². The summed E-state index contributed by atoms with van der Waals surface area (Å²) in [7, 11) is 2.11. The Morgan fingerprint density at radius 2 is 1.88 bits per heavy atom. The number of pyridine rings is 1. The van der Waals surface area contributed by atoms with Gasteiger partial charge in [-0.15, -0.1) is 0 Å². The highest BCUT2D eigenvalue weighted by atomic mass is 16.2. The van der Waals surface area contributed by atoms with Gasteiger partial charge in [0.15, 0.2) is 0 Å². The molecule has 1 atom stereocenters. The molecule has 0 spiro atoms. The number of likely N-dealkylation sites (N-methyl/N-ethyl adjacent to an activating group) is 1. The van der Waals surface area contributed by atoms with Gasteiger partial charge in [0.05, 0.1) is 0 Å². The molecule has 0 unspecified atom stereocenters. The minimum absolute atomic E-state index is 0.142. The normalized spacial score (nSPS) is 26.0. The van der Waals surface area contributed by atoms with Gasteiger partial charge in [0.2, 0.25) is 0 Å². The van der Waals surface area contributed by atoms with Crippen LogP contribution in [0, 0.1) is 0 Å². The van der Waals surface area contributed by atoms with Crippen molar-refractivity contribution in [3.8, 4) is 0 Å². The Morgan fingerprint density at radius 1 is 1.12 bits per heavy atom. The van der Waals surface area contributed by atoms with Gasteiger partial charge in [0.25, 0.3) is 5.91 Å². The molecule has 0 bridgehead atoms. The van der Waals surface area contributed by atoms with E-state index in [-0.39, 0.29) is 5.91 Å². The number of hydrogen-bond donors (Lipinski definition) is 0. The fourth-order valence-electron chi connectivity index (χ4n) is 4.43. The maximum Gasteiger partial charge on any atom is 0.254 e. The topological polar surface area (TPSA) is 42.9 Å². The number of carbonyl (C=O) groups is 1. The van der Waals surface area contributed by atoms with Crippen LogP contribution in [0.25, 0.3) is 0 Å². The molecule has 3 fully saturated rings.